The predicted octanol–water partition coefficient (Wildman–Crippen LogP) is 2.72. The lowest BCUT2D eigenvalue weighted by Crippen LogP contribution is -2.39. The number of carbonyl (C=O) groups excluding carboxylic acids is 2. The molecule has 1 saturated heterocycles. The number of hydrogen-bond acceptors (Lipinski definition) is 5. The Labute approximate surface area is 165 Å². The second-order valence-corrected chi connectivity index (χ2v) is 7.48. The van der Waals surface area contributed by atoms with Gasteiger partial charge in [-0.15, -0.1) is 0 Å². The van der Waals surface area contributed by atoms with Crippen molar-refractivity contribution in [3.63, 3.8) is 0 Å². The first-order chi connectivity index (χ1) is 13.5. The van der Waals surface area contributed by atoms with Crippen molar-refractivity contribution < 1.29 is 9.59 Å². The Morgan fingerprint density at radius 1 is 1.11 bits per heavy atom. The second kappa shape index (κ2) is 9.30. The third-order valence-corrected chi connectivity index (χ3v) is 4.79. The van der Waals surface area contributed by atoms with Gasteiger partial charge in [0.05, 0.1) is 0 Å². The Bertz CT molecular complexity index is 784. The first-order valence-electron chi connectivity index (χ1n) is 9.74. The van der Waals surface area contributed by atoms with Crippen LogP contribution in [0.4, 0.5) is 11.6 Å². The van der Waals surface area contributed by atoms with E-state index in [1.165, 1.54) is 0 Å². The SMILES string of the molecule is CC(C)CNC(=O)c1ccc(NC(=O)C2CCN(c3ncccn3)CC2)cc1. The molecular formula is C21H27N5O2. The van der Waals surface area contributed by atoms with Crippen molar-refractivity contribution in [2.24, 2.45) is 11.8 Å². The number of benzene rings is 1. The molecular weight excluding hydrogens is 354 g/mol. The molecule has 0 aliphatic carbocycles. The smallest absolute Gasteiger partial charge is 0.251 e. The van der Waals surface area contributed by atoms with E-state index in [0.29, 0.717) is 29.7 Å². The van der Waals surface area contributed by atoms with Crippen LogP contribution in [-0.4, -0.2) is 41.4 Å². The lowest BCUT2D eigenvalue weighted by Gasteiger charge is -2.31. The minimum atomic E-state index is -0.0953. The van der Waals surface area contributed by atoms with E-state index >= 15 is 0 Å². The minimum Gasteiger partial charge on any atom is -0.352 e. The normalized spacial score (nSPS) is 14.8. The van der Waals surface area contributed by atoms with Crippen molar-refractivity contribution in [2.45, 2.75) is 26.7 Å². The monoisotopic (exact) mass is 381 g/mol. The van der Waals surface area contributed by atoms with E-state index in [4.69, 9.17) is 0 Å². The summed E-state index contributed by atoms with van der Waals surface area (Å²) in [7, 11) is 0. The molecule has 0 atom stereocenters. The van der Waals surface area contributed by atoms with Crippen molar-refractivity contribution in [3.8, 4) is 0 Å². The number of hydrogen-bond donors (Lipinski definition) is 2. The van der Waals surface area contributed by atoms with E-state index in [2.05, 4.69) is 39.3 Å². The highest BCUT2D eigenvalue weighted by Gasteiger charge is 2.26. The summed E-state index contributed by atoms with van der Waals surface area (Å²) >= 11 is 0. The molecule has 0 radical (unpaired) electrons. The molecule has 7 nitrogen and oxygen atoms in total. The van der Waals surface area contributed by atoms with Gasteiger partial charge in [-0.2, -0.15) is 0 Å². The number of rotatable bonds is 6. The summed E-state index contributed by atoms with van der Waals surface area (Å²) in [5, 5.41) is 5.85. The van der Waals surface area contributed by atoms with Gasteiger partial charge in [0.15, 0.2) is 0 Å². The molecule has 1 aromatic heterocycles. The zero-order chi connectivity index (χ0) is 19.9. The van der Waals surface area contributed by atoms with Gasteiger partial charge in [-0.25, -0.2) is 9.97 Å². The molecule has 0 spiro atoms. The maximum Gasteiger partial charge on any atom is 0.251 e. The van der Waals surface area contributed by atoms with E-state index in [0.717, 1.165) is 25.9 Å². The van der Waals surface area contributed by atoms with Crippen LogP contribution in [0.15, 0.2) is 42.7 Å². The van der Waals surface area contributed by atoms with Crippen LogP contribution in [0.25, 0.3) is 0 Å². The van der Waals surface area contributed by atoms with Gasteiger partial charge in [0.25, 0.3) is 5.91 Å². The number of nitrogens with zero attached hydrogens (tertiary/aromatic N) is 3. The van der Waals surface area contributed by atoms with Gasteiger partial charge in [0.1, 0.15) is 0 Å². The first-order valence-corrected chi connectivity index (χ1v) is 9.74. The topological polar surface area (TPSA) is 87.2 Å². The average Bonchev–Trinajstić information content (AvgIpc) is 2.73. The molecule has 1 aliphatic rings. The molecule has 7 heteroatoms. The standard InChI is InChI=1S/C21H27N5O2/c1-15(2)14-24-19(27)16-4-6-18(7-5-16)25-20(28)17-8-12-26(13-9-17)21-22-10-3-11-23-21/h3-7,10-11,15,17H,8-9,12-14H2,1-2H3,(H,24,27)(H,25,28). The third-order valence-electron chi connectivity index (χ3n) is 4.79. The number of piperidine rings is 1. The maximum atomic E-state index is 12.6. The van der Waals surface area contributed by atoms with E-state index < -0.39 is 0 Å². The van der Waals surface area contributed by atoms with Crippen LogP contribution in [0.5, 0.6) is 0 Å². The average molecular weight is 381 g/mol. The van der Waals surface area contributed by atoms with E-state index in [9.17, 15) is 9.59 Å². The molecule has 2 N–H and O–H groups in total. The van der Waals surface area contributed by atoms with Crippen molar-refractivity contribution >= 4 is 23.5 Å². The fourth-order valence-corrected chi connectivity index (χ4v) is 3.14. The fraction of sp³-hybridized carbons (Fsp3) is 0.429. The van der Waals surface area contributed by atoms with Gasteiger partial charge in [0.2, 0.25) is 11.9 Å². The van der Waals surface area contributed by atoms with Crippen LogP contribution in [0.3, 0.4) is 0 Å². The van der Waals surface area contributed by atoms with Crippen molar-refractivity contribution in [3.05, 3.63) is 48.3 Å². The summed E-state index contributed by atoms with van der Waals surface area (Å²) in [6.07, 6.45) is 4.99. The summed E-state index contributed by atoms with van der Waals surface area (Å²) in [6, 6.07) is 8.81. The molecule has 0 bridgehead atoms. The molecule has 0 saturated carbocycles. The summed E-state index contributed by atoms with van der Waals surface area (Å²) in [4.78, 5) is 35.3. The number of anilines is 2. The highest BCUT2D eigenvalue weighted by atomic mass is 16.2. The van der Waals surface area contributed by atoms with E-state index in [1.54, 1.807) is 42.7 Å². The molecule has 2 heterocycles. The van der Waals surface area contributed by atoms with Crippen LogP contribution < -0.4 is 15.5 Å². The fourth-order valence-electron chi connectivity index (χ4n) is 3.14. The quantitative estimate of drug-likeness (QED) is 0.803. The lowest BCUT2D eigenvalue weighted by molar-refractivity contribution is -0.120. The Morgan fingerprint density at radius 2 is 1.75 bits per heavy atom. The minimum absolute atomic E-state index is 0.0191. The van der Waals surface area contributed by atoms with Crippen molar-refractivity contribution in [1.82, 2.24) is 15.3 Å². The maximum absolute atomic E-state index is 12.6. The molecule has 148 valence electrons. The third kappa shape index (κ3) is 5.28. The van der Waals surface area contributed by atoms with Crippen molar-refractivity contribution in [1.29, 1.82) is 0 Å². The molecule has 2 aromatic rings. The Morgan fingerprint density at radius 3 is 2.36 bits per heavy atom. The van der Waals surface area contributed by atoms with Gasteiger partial charge < -0.3 is 15.5 Å². The highest BCUT2D eigenvalue weighted by molar-refractivity contribution is 5.96. The van der Waals surface area contributed by atoms with E-state index in [1.807, 2.05) is 0 Å². The zero-order valence-electron chi connectivity index (χ0n) is 16.4. The predicted molar refractivity (Wildman–Crippen MR) is 109 cm³/mol. The lowest BCUT2D eigenvalue weighted by atomic mass is 9.96. The number of amides is 2. The summed E-state index contributed by atoms with van der Waals surface area (Å²) in [5.41, 5.74) is 1.30. The van der Waals surface area contributed by atoms with Crippen LogP contribution in [0.2, 0.25) is 0 Å². The molecule has 28 heavy (non-hydrogen) atoms. The van der Waals surface area contributed by atoms with Gasteiger partial charge in [-0.3, -0.25) is 9.59 Å². The molecule has 1 aliphatic heterocycles. The molecule has 1 fully saturated rings. The number of carbonyl (C=O) groups is 2. The number of aromatic nitrogens is 2. The van der Waals surface area contributed by atoms with Crippen molar-refractivity contribution in [2.75, 3.05) is 29.9 Å². The van der Waals surface area contributed by atoms with Crippen LogP contribution in [-0.2, 0) is 4.79 Å². The molecule has 1 aromatic carbocycles. The summed E-state index contributed by atoms with van der Waals surface area (Å²) < 4.78 is 0. The molecule has 2 amide bonds. The van der Waals surface area contributed by atoms with Gasteiger partial charge in [-0.05, 0) is 49.1 Å². The summed E-state index contributed by atoms with van der Waals surface area (Å²) in [6.45, 7) is 6.27. The molecule has 0 unspecified atom stereocenters. The largest absolute Gasteiger partial charge is 0.352 e. The first kappa shape index (κ1) is 19.8. The van der Waals surface area contributed by atoms with Gasteiger partial charge in [-0.1, -0.05) is 13.8 Å². The second-order valence-electron chi connectivity index (χ2n) is 7.48. The van der Waals surface area contributed by atoms with Crippen LogP contribution in [0.1, 0.15) is 37.0 Å². The molecule has 3 rings (SSSR count). The highest BCUT2D eigenvalue weighted by Crippen LogP contribution is 2.22. The van der Waals surface area contributed by atoms with E-state index in [-0.39, 0.29) is 17.7 Å². The van der Waals surface area contributed by atoms with Gasteiger partial charge >= 0.3 is 0 Å². The Hall–Kier alpha value is -2.96. The Kier molecular flexibility index (Phi) is 6.57. The Balaban J connectivity index is 1.49. The van der Waals surface area contributed by atoms with Gasteiger partial charge in [0, 0.05) is 49.2 Å². The zero-order valence-corrected chi connectivity index (χ0v) is 16.4. The summed E-state index contributed by atoms with van der Waals surface area (Å²) in [5.74, 6) is 1.01. The number of nitrogens with one attached hydrogen (secondary N) is 2. The van der Waals surface area contributed by atoms with Crippen LogP contribution in [0, 0.1) is 11.8 Å². The van der Waals surface area contributed by atoms with Crippen LogP contribution >= 0.6 is 0 Å².